The van der Waals surface area contributed by atoms with Crippen molar-refractivity contribution in [2.45, 2.75) is 26.6 Å². The maximum absolute atomic E-state index is 12.3. The van der Waals surface area contributed by atoms with Crippen molar-refractivity contribution in [3.63, 3.8) is 0 Å². The zero-order valence-electron chi connectivity index (χ0n) is 15.4. The molecule has 29 heavy (non-hydrogen) atoms. The normalized spacial score (nSPS) is 11.4. The molecule has 1 N–H and O–H groups in total. The SMILES string of the molecule is Cc1ccccc1OCn1ccc(C(=O)Nc2cnn(COCC(F)(F)F)c2)n1. The average Bonchev–Trinajstić information content (AvgIpc) is 3.30. The highest BCUT2D eigenvalue weighted by atomic mass is 19.4. The van der Waals surface area contributed by atoms with Crippen molar-refractivity contribution in [3.8, 4) is 5.75 Å². The van der Waals surface area contributed by atoms with Crippen LogP contribution >= 0.6 is 0 Å². The lowest BCUT2D eigenvalue weighted by molar-refractivity contribution is -0.182. The number of carbonyl (C=O) groups excluding carboxylic acids is 1. The number of halogens is 3. The van der Waals surface area contributed by atoms with Gasteiger partial charge in [-0.2, -0.15) is 23.4 Å². The van der Waals surface area contributed by atoms with Crippen molar-refractivity contribution < 1.29 is 27.4 Å². The number of hydrogen-bond donors (Lipinski definition) is 1. The van der Waals surface area contributed by atoms with Gasteiger partial charge in [0.1, 0.15) is 19.1 Å². The third-order valence-corrected chi connectivity index (χ3v) is 3.70. The van der Waals surface area contributed by atoms with Gasteiger partial charge < -0.3 is 14.8 Å². The lowest BCUT2D eigenvalue weighted by Gasteiger charge is -2.08. The fourth-order valence-electron chi connectivity index (χ4n) is 2.36. The Kier molecular flexibility index (Phi) is 6.17. The van der Waals surface area contributed by atoms with Crippen LogP contribution < -0.4 is 10.1 Å². The van der Waals surface area contributed by atoms with Crippen molar-refractivity contribution in [2.75, 3.05) is 11.9 Å². The fourth-order valence-corrected chi connectivity index (χ4v) is 2.36. The predicted octanol–water partition coefficient (Wildman–Crippen LogP) is 3.21. The van der Waals surface area contributed by atoms with Crippen LogP contribution in [0.5, 0.6) is 5.75 Å². The Morgan fingerprint density at radius 3 is 2.72 bits per heavy atom. The van der Waals surface area contributed by atoms with Gasteiger partial charge in [0.25, 0.3) is 5.91 Å². The standard InChI is InChI=1S/C18H18F3N5O3/c1-13-4-2-3-5-16(13)29-12-25-7-6-15(24-25)17(27)23-14-8-22-26(9-14)11-28-10-18(19,20)21/h2-9H,10-12H2,1H3,(H,23,27). The zero-order valence-corrected chi connectivity index (χ0v) is 15.4. The van der Waals surface area contributed by atoms with Gasteiger partial charge in [0.15, 0.2) is 12.4 Å². The number of amides is 1. The third kappa shape index (κ3) is 6.07. The molecule has 0 saturated heterocycles. The van der Waals surface area contributed by atoms with Gasteiger partial charge in [-0.1, -0.05) is 18.2 Å². The molecule has 0 aliphatic carbocycles. The summed E-state index contributed by atoms with van der Waals surface area (Å²) in [5.41, 5.74) is 1.43. The first-order valence-corrected chi connectivity index (χ1v) is 8.50. The Hall–Kier alpha value is -3.34. The van der Waals surface area contributed by atoms with E-state index in [0.29, 0.717) is 11.4 Å². The van der Waals surface area contributed by atoms with Crippen LogP contribution in [0, 0.1) is 6.92 Å². The lowest BCUT2D eigenvalue weighted by Crippen LogP contribution is -2.18. The quantitative estimate of drug-likeness (QED) is 0.618. The molecule has 0 fully saturated rings. The molecule has 0 spiro atoms. The molecule has 2 heterocycles. The van der Waals surface area contributed by atoms with Crippen LogP contribution in [0.3, 0.4) is 0 Å². The van der Waals surface area contributed by atoms with E-state index >= 15 is 0 Å². The summed E-state index contributed by atoms with van der Waals surface area (Å²) < 4.78 is 49.0. The van der Waals surface area contributed by atoms with E-state index in [1.165, 1.54) is 23.1 Å². The number of para-hydroxylation sites is 1. The van der Waals surface area contributed by atoms with Gasteiger partial charge in [-0.25, -0.2) is 9.36 Å². The molecule has 1 aromatic carbocycles. The van der Waals surface area contributed by atoms with E-state index in [9.17, 15) is 18.0 Å². The minimum Gasteiger partial charge on any atom is -0.471 e. The molecule has 0 saturated carbocycles. The van der Waals surface area contributed by atoms with Crippen molar-refractivity contribution in [1.29, 1.82) is 0 Å². The van der Waals surface area contributed by atoms with Crippen molar-refractivity contribution in [3.05, 3.63) is 60.2 Å². The molecule has 11 heteroatoms. The molecule has 3 rings (SSSR count). The van der Waals surface area contributed by atoms with Crippen LogP contribution in [0.2, 0.25) is 0 Å². The maximum atomic E-state index is 12.3. The van der Waals surface area contributed by atoms with Crippen LogP contribution in [-0.4, -0.2) is 38.3 Å². The molecule has 154 valence electrons. The molecule has 3 aromatic rings. The number of hydrogen-bond acceptors (Lipinski definition) is 5. The number of nitrogens with one attached hydrogen (secondary N) is 1. The average molecular weight is 409 g/mol. The highest BCUT2D eigenvalue weighted by molar-refractivity contribution is 6.02. The summed E-state index contributed by atoms with van der Waals surface area (Å²) >= 11 is 0. The molecule has 0 radical (unpaired) electrons. The first kappa shape index (κ1) is 20.4. The van der Waals surface area contributed by atoms with E-state index in [1.807, 2.05) is 31.2 Å². The first-order chi connectivity index (χ1) is 13.8. The summed E-state index contributed by atoms with van der Waals surface area (Å²) in [4.78, 5) is 12.3. The Morgan fingerprint density at radius 1 is 1.17 bits per heavy atom. The molecular formula is C18H18F3N5O3. The smallest absolute Gasteiger partial charge is 0.411 e. The van der Waals surface area contributed by atoms with Gasteiger partial charge in [-0.3, -0.25) is 4.79 Å². The number of alkyl halides is 3. The van der Waals surface area contributed by atoms with Crippen LogP contribution in [-0.2, 0) is 18.2 Å². The van der Waals surface area contributed by atoms with Crippen LogP contribution in [0.25, 0.3) is 0 Å². The van der Waals surface area contributed by atoms with Crippen LogP contribution in [0.15, 0.2) is 48.9 Å². The molecule has 0 atom stereocenters. The predicted molar refractivity (Wildman–Crippen MR) is 96.2 cm³/mol. The molecule has 8 nitrogen and oxygen atoms in total. The number of aryl methyl sites for hydroxylation is 1. The summed E-state index contributed by atoms with van der Waals surface area (Å²) in [6.45, 7) is 0.287. The van der Waals surface area contributed by atoms with E-state index in [4.69, 9.17) is 4.74 Å². The second-order valence-corrected chi connectivity index (χ2v) is 6.09. The zero-order chi connectivity index (χ0) is 20.9. The highest BCUT2D eigenvalue weighted by Gasteiger charge is 2.27. The lowest BCUT2D eigenvalue weighted by atomic mass is 10.2. The van der Waals surface area contributed by atoms with Gasteiger partial charge in [0.2, 0.25) is 0 Å². The minimum atomic E-state index is -4.41. The number of ether oxygens (including phenoxy) is 2. The molecular weight excluding hydrogens is 391 g/mol. The largest absolute Gasteiger partial charge is 0.471 e. The number of nitrogens with zero attached hydrogens (tertiary/aromatic N) is 4. The van der Waals surface area contributed by atoms with Gasteiger partial charge >= 0.3 is 6.18 Å². The number of anilines is 1. The number of carbonyl (C=O) groups is 1. The first-order valence-electron chi connectivity index (χ1n) is 8.50. The van der Waals surface area contributed by atoms with Gasteiger partial charge in [-0.05, 0) is 24.6 Å². The summed E-state index contributed by atoms with van der Waals surface area (Å²) in [5, 5.41) is 10.5. The molecule has 1 amide bonds. The Morgan fingerprint density at radius 2 is 1.97 bits per heavy atom. The second-order valence-electron chi connectivity index (χ2n) is 6.09. The van der Waals surface area contributed by atoms with Gasteiger partial charge in [0, 0.05) is 6.20 Å². The highest BCUT2D eigenvalue weighted by Crippen LogP contribution is 2.17. The van der Waals surface area contributed by atoms with Crippen molar-refractivity contribution in [2.24, 2.45) is 0 Å². The molecule has 0 bridgehead atoms. The molecule has 0 unspecified atom stereocenters. The summed E-state index contributed by atoms with van der Waals surface area (Å²) in [6.07, 6.45) is -0.159. The Labute approximate surface area is 163 Å². The number of benzene rings is 1. The van der Waals surface area contributed by atoms with E-state index in [-0.39, 0.29) is 19.2 Å². The number of aromatic nitrogens is 4. The number of rotatable bonds is 8. The van der Waals surface area contributed by atoms with Gasteiger partial charge in [0.05, 0.1) is 18.1 Å². The van der Waals surface area contributed by atoms with E-state index in [2.05, 4.69) is 20.3 Å². The van der Waals surface area contributed by atoms with E-state index in [0.717, 1.165) is 10.2 Å². The molecule has 0 aliphatic rings. The van der Waals surface area contributed by atoms with Gasteiger partial charge in [-0.15, -0.1) is 0 Å². The Balaban J connectivity index is 1.51. The Bertz CT molecular complexity index is 968. The van der Waals surface area contributed by atoms with E-state index in [1.54, 1.807) is 6.20 Å². The fraction of sp³-hybridized carbons (Fsp3) is 0.278. The molecule has 2 aromatic heterocycles. The van der Waals surface area contributed by atoms with E-state index < -0.39 is 18.7 Å². The minimum absolute atomic E-state index is 0.132. The molecule has 0 aliphatic heterocycles. The van der Waals surface area contributed by atoms with Crippen molar-refractivity contribution in [1.82, 2.24) is 19.6 Å². The monoisotopic (exact) mass is 409 g/mol. The third-order valence-electron chi connectivity index (χ3n) is 3.70. The second kappa shape index (κ2) is 8.78. The summed E-state index contributed by atoms with van der Waals surface area (Å²) in [7, 11) is 0. The van der Waals surface area contributed by atoms with Crippen LogP contribution in [0.1, 0.15) is 16.1 Å². The topological polar surface area (TPSA) is 83.2 Å². The summed E-state index contributed by atoms with van der Waals surface area (Å²) in [6, 6.07) is 9.04. The van der Waals surface area contributed by atoms with Crippen molar-refractivity contribution >= 4 is 11.6 Å². The maximum Gasteiger partial charge on any atom is 0.411 e. The van der Waals surface area contributed by atoms with Crippen LogP contribution in [0.4, 0.5) is 18.9 Å². The summed E-state index contributed by atoms with van der Waals surface area (Å²) in [5.74, 6) is 0.226.